The predicted molar refractivity (Wildman–Crippen MR) is 79.0 cm³/mol. The fraction of sp³-hybridized carbons (Fsp3) is 0.462. The second kappa shape index (κ2) is 6.42. The second-order valence-corrected chi connectivity index (χ2v) is 6.57. The van der Waals surface area contributed by atoms with Gasteiger partial charge in [0.1, 0.15) is 0 Å². The van der Waals surface area contributed by atoms with Gasteiger partial charge in [-0.15, -0.1) is 0 Å². The third-order valence-electron chi connectivity index (χ3n) is 2.60. The molecule has 0 fully saturated rings. The van der Waals surface area contributed by atoms with Gasteiger partial charge in [-0.3, -0.25) is 0 Å². The third kappa shape index (κ3) is 5.10. The Morgan fingerprint density at radius 3 is 2.65 bits per heavy atom. The van der Waals surface area contributed by atoms with Gasteiger partial charge in [-0.25, -0.2) is 0 Å². The van der Waals surface area contributed by atoms with Gasteiger partial charge in [0.05, 0.1) is 6.07 Å². The van der Waals surface area contributed by atoms with Crippen molar-refractivity contribution in [1.82, 2.24) is 0 Å². The molecule has 1 rings (SSSR count). The van der Waals surface area contributed by atoms with Crippen LogP contribution in [0.1, 0.15) is 26.7 Å². The van der Waals surface area contributed by atoms with E-state index in [1.54, 1.807) is 0 Å². The molecule has 2 nitrogen and oxygen atoms in total. The molecule has 1 aromatic rings. The maximum absolute atomic E-state index is 8.61. The van der Waals surface area contributed by atoms with Crippen molar-refractivity contribution in [2.75, 3.05) is 11.9 Å². The van der Waals surface area contributed by atoms with Crippen LogP contribution in [0.5, 0.6) is 0 Å². The lowest BCUT2D eigenvalue weighted by Crippen LogP contribution is -2.23. The number of halogens is 2. The van der Waals surface area contributed by atoms with E-state index in [2.05, 4.69) is 57.1 Å². The van der Waals surface area contributed by atoms with Crippen LogP contribution >= 0.6 is 31.9 Å². The Labute approximate surface area is 120 Å². The summed E-state index contributed by atoms with van der Waals surface area (Å²) in [5.74, 6) is 0. The monoisotopic (exact) mass is 358 g/mol. The fourth-order valence-corrected chi connectivity index (χ4v) is 2.64. The number of benzene rings is 1. The van der Waals surface area contributed by atoms with Gasteiger partial charge in [-0.2, -0.15) is 5.26 Å². The first kappa shape index (κ1) is 14.5. The Bertz CT molecular complexity index is 422. The summed E-state index contributed by atoms with van der Waals surface area (Å²) < 4.78 is 2.10. The molecule has 0 atom stereocenters. The molecule has 1 aromatic carbocycles. The first-order chi connectivity index (χ1) is 7.94. The zero-order valence-electron chi connectivity index (χ0n) is 10.1. The molecule has 0 spiro atoms. The van der Waals surface area contributed by atoms with Crippen molar-refractivity contribution in [2.24, 2.45) is 5.41 Å². The van der Waals surface area contributed by atoms with E-state index in [1.807, 2.05) is 18.2 Å². The van der Waals surface area contributed by atoms with Crippen molar-refractivity contribution < 1.29 is 0 Å². The molecule has 0 aliphatic heterocycles. The predicted octanol–water partition coefficient (Wildman–Crippen LogP) is 4.95. The van der Waals surface area contributed by atoms with Crippen molar-refractivity contribution >= 4 is 37.5 Å². The summed E-state index contributed by atoms with van der Waals surface area (Å²) in [6, 6.07) is 8.26. The molecule has 0 radical (unpaired) electrons. The summed E-state index contributed by atoms with van der Waals surface area (Å²) in [5.41, 5.74) is 1.21. The van der Waals surface area contributed by atoms with E-state index in [9.17, 15) is 0 Å². The normalized spacial score (nSPS) is 11.0. The molecule has 0 amide bonds. The molecule has 0 aromatic heterocycles. The summed E-state index contributed by atoms with van der Waals surface area (Å²) in [6.45, 7) is 5.20. The quantitative estimate of drug-likeness (QED) is 0.806. The van der Waals surface area contributed by atoms with Gasteiger partial charge < -0.3 is 5.32 Å². The number of nitrogens with one attached hydrogen (secondary N) is 1. The number of hydrogen-bond acceptors (Lipinski definition) is 2. The molecule has 0 heterocycles. The Kier molecular flexibility index (Phi) is 5.48. The molecule has 1 N–H and O–H groups in total. The van der Waals surface area contributed by atoms with E-state index < -0.39 is 0 Å². The standard InChI is InChI=1S/C13H16Br2N2/c1-13(2,6-3-7-16)9-17-12-5-4-10(14)8-11(12)15/h4-5,8,17H,3,6,9H2,1-2H3. The summed E-state index contributed by atoms with van der Waals surface area (Å²) in [5, 5.41) is 12.0. The van der Waals surface area contributed by atoms with Crippen molar-refractivity contribution in [3.8, 4) is 6.07 Å². The molecule has 17 heavy (non-hydrogen) atoms. The average Bonchev–Trinajstić information content (AvgIpc) is 2.25. The summed E-state index contributed by atoms with van der Waals surface area (Å²) in [7, 11) is 0. The van der Waals surface area contributed by atoms with Crippen LogP contribution in [-0.4, -0.2) is 6.54 Å². The maximum Gasteiger partial charge on any atom is 0.0621 e. The van der Waals surface area contributed by atoms with Crippen LogP contribution in [0.15, 0.2) is 27.1 Å². The van der Waals surface area contributed by atoms with Crippen molar-refractivity contribution in [1.29, 1.82) is 5.26 Å². The minimum absolute atomic E-state index is 0.127. The van der Waals surface area contributed by atoms with E-state index in [1.165, 1.54) is 0 Å². The lowest BCUT2D eigenvalue weighted by atomic mass is 9.88. The summed E-state index contributed by atoms with van der Waals surface area (Å²) in [4.78, 5) is 0. The minimum Gasteiger partial charge on any atom is -0.384 e. The first-order valence-corrected chi connectivity index (χ1v) is 7.09. The van der Waals surface area contributed by atoms with E-state index in [4.69, 9.17) is 5.26 Å². The maximum atomic E-state index is 8.61. The molecule has 0 aliphatic carbocycles. The van der Waals surface area contributed by atoms with Gasteiger partial charge in [0.25, 0.3) is 0 Å². The van der Waals surface area contributed by atoms with Gasteiger partial charge in [0.15, 0.2) is 0 Å². The summed E-state index contributed by atoms with van der Waals surface area (Å²) in [6.07, 6.45) is 1.51. The zero-order chi connectivity index (χ0) is 12.9. The first-order valence-electron chi connectivity index (χ1n) is 5.50. The Balaban J connectivity index is 2.58. The molecule has 0 saturated carbocycles. The number of nitriles is 1. The molecular formula is C13H16Br2N2. The van der Waals surface area contributed by atoms with Crippen molar-refractivity contribution in [3.63, 3.8) is 0 Å². The molecule has 0 saturated heterocycles. The highest BCUT2D eigenvalue weighted by molar-refractivity contribution is 9.11. The van der Waals surface area contributed by atoms with Crippen LogP contribution < -0.4 is 5.32 Å². The Morgan fingerprint density at radius 1 is 1.35 bits per heavy atom. The van der Waals surface area contributed by atoms with E-state index in [-0.39, 0.29) is 5.41 Å². The lowest BCUT2D eigenvalue weighted by molar-refractivity contribution is 0.364. The third-order valence-corrected chi connectivity index (χ3v) is 3.75. The highest BCUT2D eigenvalue weighted by Gasteiger charge is 2.17. The van der Waals surface area contributed by atoms with Crippen LogP contribution in [0.25, 0.3) is 0 Å². The topological polar surface area (TPSA) is 35.8 Å². The van der Waals surface area contributed by atoms with Crippen molar-refractivity contribution in [2.45, 2.75) is 26.7 Å². The fourth-order valence-electron chi connectivity index (χ4n) is 1.45. The van der Waals surface area contributed by atoms with Crippen LogP contribution in [0.3, 0.4) is 0 Å². The van der Waals surface area contributed by atoms with Gasteiger partial charge in [-0.05, 0) is 46.0 Å². The molecule has 4 heteroatoms. The van der Waals surface area contributed by atoms with Crippen molar-refractivity contribution in [3.05, 3.63) is 27.1 Å². The van der Waals surface area contributed by atoms with E-state index >= 15 is 0 Å². The molecule has 0 aliphatic rings. The smallest absolute Gasteiger partial charge is 0.0621 e. The molecule has 92 valence electrons. The molecular weight excluding hydrogens is 344 g/mol. The van der Waals surface area contributed by atoms with E-state index in [0.29, 0.717) is 6.42 Å². The average molecular weight is 360 g/mol. The number of anilines is 1. The summed E-state index contributed by atoms with van der Waals surface area (Å²) >= 11 is 6.95. The zero-order valence-corrected chi connectivity index (χ0v) is 13.2. The SMILES string of the molecule is CC(C)(CCC#N)CNc1ccc(Br)cc1Br. The van der Waals surface area contributed by atoms with Gasteiger partial charge in [0.2, 0.25) is 0 Å². The van der Waals surface area contributed by atoms with Gasteiger partial charge in [-0.1, -0.05) is 29.8 Å². The lowest BCUT2D eigenvalue weighted by Gasteiger charge is -2.24. The van der Waals surface area contributed by atoms with Crippen LogP contribution in [0.2, 0.25) is 0 Å². The largest absolute Gasteiger partial charge is 0.384 e. The van der Waals surface area contributed by atoms with Gasteiger partial charge in [0, 0.05) is 27.6 Å². The Morgan fingerprint density at radius 2 is 2.06 bits per heavy atom. The second-order valence-electron chi connectivity index (χ2n) is 4.80. The van der Waals surface area contributed by atoms with Crippen LogP contribution in [0.4, 0.5) is 5.69 Å². The molecule has 0 unspecified atom stereocenters. The van der Waals surface area contributed by atoms with Crippen LogP contribution in [0, 0.1) is 16.7 Å². The highest BCUT2D eigenvalue weighted by Crippen LogP contribution is 2.28. The number of rotatable bonds is 5. The molecule has 0 bridgehead atoms. The van der Waals surface area contributed by atoms with Gasteiger partial charge >= 0.3 is 0 Å². The number of hydrogen-bond donors (Lipinski definition) is 1. The van der Waals surface area contributed by atoms with E-state index in [0.717, 1.165) is 27.6 Å². The van der Waals surface area contributed by atoms with Crippen LogP contribution in [-0.2, 0) is 0 Å². The Hall–Kier alpha value is -0.530. The number of nitrogens with zero attached hydrogens (tertiary/aromatic N) is 1. The highest BCUT2D eigenvalue weighted by atomic mass is 79.9. The minimum atomic E-state index is 0.127.